The zero-order chi connectivity index (χ0) is 11.5. The first-order valence-corrected chi connectivity index (χ1v) is 7.14. The molecule has 0 bridgehead atoms. The Hall–Kier alpha value is -0.820. The Morgan fingerprint density at radius 1 is 0.824 bits per heavy atom. The van der Waals surface area contributed by atoms with Gasteiger partial charge in [0.2, 0.25) is 0 Å². The zero-order valence-corrected chi connectivity index (χ0v) is 10.5. The fourth-order valence-corrected chi connectivity index (χ4v) is 3.43. The summed E-state index contributed by atoms with van der Waals surface area (Å²) in [6, 6.07) is 10.7. The van der Waals surface area contributed by atoms with Crippen molar-refractivity contribution in [1.82, 2.24) is 0 Å². The molecular formula is C16H22O. The molecule has 3 rings (SSSR count). The van der Waals surface area contributed by atoms with Crippen molar-refractivity contribution in [2.45, 2.75) is 57.2 Å². The summed E-state index contributed by atoms with van der Waals surface area (Å²) in [6.07, 6.45) is 10.4. The molecule has 1 aliphatic heterocycles. The molecular weight excluding hydrogens is 208 g/mol. The summed E-state index contributed by atoms with van der Waals surface area (Å²) in [5.74, 6) is 0.845. The average Bonchev–Trinajstić information content (AvgIpc) is 2.90. The number of ether oxygens (including phenoxy) is 1. The van der Waals surface area contributed by atoms with Gasteiger partial charge in [0.15, 0.2) is 0 Å². The van der Waals surface area contributed by atoms with Crippen molar-refractivity contribution in [3.05, 3.63) is 35.9 Å². The van der Waals surface area contributed by atoms with Crippen molar-refractivity contribution in [1.29, 1.82) is 0 Å². The van der Waals surface area contributed by atoms with Gasteiger partial charge in [-0.1, -0.05) is 49.6 Å². The summed E-state index contributed by atoms with van der Waals surface area (Å²) in [5.41, 5.74) is 1.37. The van der Waals surface area contributed by atoms with Crippen LogP contribution in [0.15, 0.2) is 30.3 Å². The van der Waals surface area contributed by atoms with Crippen LogP contribution in [0, 0.1) is 5.92 Å². The Balaban J connectivity index is 1.61. The summed E-state index contributed by atoms with van der Waals surface area (Å²) >= 11 is 0. The lowest BCUT2D eigenvalue weighted by atomic mass is 9.84. The molecule has 1 aromatic rings. The van der Waals surface area contributed by atoms with E-state index in [9.17, 15) is 0 Å². The van der Waals surface area contributed by atoms with Crippen LogP contribution in [0.4, 0.5) is 0 Å². The molecule has 0 unspecified atom stereocenters. The molecule has 1 heteroatoms. The average molecular weight is 230 g/mol. The van der Waals surface area contributed by atoms with Crippen LogP contribution in [0.2, 0.25) is 0 Å². The topological polar surface area (TPSA) is 9.23 Å². The van der Waals surface area contributed by atoms with E-state index < -0.39 is 0 Å². The minimum absolute atomic E-state index is 0.364. The van der Waals surface area contributed by atoms with Gasteiger partial charge in [-0.15, -0.1) is 0 Å². The molecule has 2 aliphatic rings. The summed E-state index contributed by atoms with van der Waals surface area (Å²) in [4.78, 5) is 0. The van der Waals surface area contributed by atoms with Crippen molar-refractivity contribution in [2.75, 3.05) is 0 Å². The van der Waals surface area contributed by atoms with Crippen LogP contribution in [0.3, 0.4) is 0 Å². The summed E-state index contributed by atoms with van der Waals surface area (Å²) < 4.78 is 6.29. The van der Waals surface area contributed by atoms with Gasteiger partial charge in [0.25, 0.3) is 0 Å². The molecule has 0 spiro atoms. The van der Waals surface area contributed by atoms with Gasteiger partial charge in [0.1, 0.15) is 0 Å². The van der Waals surface area contributed by atoms with Gasteiger partial charge in [-0.05, 0) is 37.2 Å². The molecule has 1 saturated carbocycles. The van der Waals surface area contributed by atoms with E-state index in [1.807, 2.05) is 0 Å². The molecule has 92 valence electrons. The predicted molar refractivity (Wildman–Crippen MR) is 69.9 cm³/mol. The molecule has 1 nitrogen and oxygen atoms in total. The van der Waals surface area contributed by atoms with Gasteiger partial charge < -0.3 is 4.74 Å². The lowest BCUT2D eigenvalue weighted by Crippen LogP contribution is -2.22. The van der Waals surface area contributed by atoms with Crippen molar-refractivity contribution < 1.29 is 4.74 Å². The second kappa shape index (κ2) is 5.22. The Labute approximate surface area is 104 Å². The Bertz CT molecular complexity index is 340. The van der Waals surface area contributed by atoms with E-state index in [-0.39, 0.29) is 0 Å². The minimum atomic E-state index is 0.364. The van der Waals surface area contributed by atoms with Gasteiger partial charge in [0, 0.05) is 0 Å². The summed E-state index contributed by atoms with van der Waals surface area (Å²) in [7, 11) is 0. The third-order valence-electron chi connectivity index (χ3n) is 4.40. The maximum atomic E-state index is 6.29. The van der Waals surface area contributed by atoms with Gasteiger partial charge in [0.05, 0.1) is 12.2 Å². The lowest BCUT2D eigenvalue weighted by molar-refractivity contribution is -0.000447. The Morgan fingerprint density at radius 3 is 2.35 bits per heavy atom. The number of hydrogen-bond acceptors (Lipinski definition) is 1. The van der Waals surface area contributed by atoms with Crippen molar-refractivity contribution in [3.8, 4) is 0 Å². The molecule has 0 aromatic heterocycles. The van der Waals surface area contributed by atoms with Gasteiger partial charge >= 0.3 is 0 Å². The van der Waals surface area contributed by atoms with E-state index in [1.54, 1.807) is 0 Å². The smallest absolute Gasteiger partial charge is 0.0829 e. The SMILES string of the molecule is c1ccc([C@H]2CC[C@@H](C3CCCCC3)O2)cc1. The van der Waals surface area contributed by atoms with Gasteiger partial charge in [-0.25, -0.2) is 0 Å². The third-order valence-corrected chi connectivity index (χ3v) is 4.40. The lowest BCUT2D eigenvalue weighted by Gasteiger charge is -2.27. The maximum absolute atomic E-state index is 6.29. The standard InChI is InChI=1S/C16H22O/c1-3-7-13(8-4-1)15-11-12-16(17-15)14-9-5-2-6-10-14/h1,3-4,7-8,14-16H,2,5-6,9-12H2/t15-,16+/m1/s1. The molecule has 1 saturated heterocycles. The minimum Gasteiger partial charge on any atom is -0.370 e. The fourth-order valence-electron chi connectivity index (χ4n) is 3.43. The second-order valence-electron chi connectivity index (χ2n) is 5.55. The highest BCUT2D eigenvalue weighted by molar-refractivity contribution is 5.18. The second-order valence-corrected chi connectivity index (χ2v) is 5.55. The highest BCUT2D eigenvalue weighted by Gasteiger charge is 2.32. The molecule has 0 radical (unpaired) electrons. The quantitative estimate of drug-likeness (QED) is 0.727. The van der Waals surface area contributed by atoms with Crippen LogP contribution in [0.25, 0.3) is 0 Å². The van der Waals surface area contributed by atoms with Crippen LogP contribution in [0.1, 0.15) is 56.6 Å². The summed E-state index contributed by atoms with van der Waals surface area (Å²) in [5, 5.41) is 0. The van der Waals surface area contributed by atoms with Crippen molar-refractivity contribution in [3.63, 3.8) is 0 Å². The van der Waals surface area contributed by atoms with Crippen LogP contribution < -0.4 is 0 Å². The molecule has 0 N–H and O–H groups in total. The van der Waals surface area contributed by atoms with Gasteiger partial charge in [-0.3, -0.25) is 0 Å². The largest absolute Gasteiger partial charge is 0.370 e. The molecule has 1 aliphatic carbocycles. The first-order valence-electron chi connectivity index (χ1n) is 7.14. The van der Waals surface area contributed by atoms with Crippen LogP contribution >= 0.6 is 0 Å². The van der Waals surface area contributed by atoms with Gasteiger partial charge in [-0.2, -0.15) is 0 Å². The third kappa shape index (κ3) is 2.55. The number of hydrogen-bond donors (Lipinski definition) is 0. The van der Waals surface area contributed by atoms with Crippen LogP contribution in [-0.4, -0.2) is 6.10 Å². The first-order chi connectivity index (χ1) is 8.43. The van der Waals surface area contributed by atoms with E-state index >= 15 is 0 Å². The Morgan fingerprint density at radius 2 is 1.59 bits per heavy atom. The predicted octanol–water partition coefficient (Wildman–Crippen LogP) is 4.49. The van der Waals surface area contributed by atoms with E-state index in [2.05, 4.69) is 30.3 Å². The Kier molecular flexibility index (Phi) is 3.46. The molecule has 0 amide bonds. The molecule has 17 heavy (non-hydrogen) atoms. The number of rotatable bonds is 2. The normalized spacial score (nSPS) is 30.6. The van der Waals surface area contributed by atoms with Crippen LogP contribution in [-0.2, 0) is 4.74 Å². The van der Waals surface area contributed by atoms with Crippen LogP contribution in [0.5, 0.6) is 0 Å². The number of benzene rings is 1. The first kappa shape index (κ1) is 11.3. The fraction of sp³-hybridized carbons (Fsp3) is 0.625. The summed E-state index contributed by atoms with van der Waals surface area (Å²) in [6.45, 7) is 0. The molecule has 2 fully saturated rings. The van der Waals surface area contributed by atoms with E-state index in [1.165, 1.54) is 50.5 Å². The maximum Gasteiger partial charge on any atom is 0.0829 e. The zero-order valence-electron chi connectivity index (χ0n) is 10.5. The van der Waals surface area contributed by atoms with Crippen molar-refractivity contribution >= 4 is 0 Å². The van der Waals surface area contributed by atoms with E-state index in [0.29, 0.717) is 12.2 Å². The van der Waals surface area contributed by atoms with E-state index in [4.69, 9.17) is 4.74 Å². The van der Waals surface area contributed by atoms with Crippen molar-refractivity contribution in [2.24, 2.45) is 5.92 Å². The molecule has 1 heterocycles. The molecule has 1 aromatic carbocycles. The monoisotopic (exact) mass is 230 g/mol. The highest BCUT2D eigenvalue weighted by Crippen LogP contribution is 2.39. The molecule has 2 atom stereocenters. The van der Waals surface area contributed by atoms with E-state index in [0.717, 1.165) is 5.92 Å². The highest BCUT2D eigenvalue weighted by atomic mass is 16.5.